The van der Waals surface area contributed by atoms with Gasteiger partial charge in [-0.2, -0.15) is 4.72 Å². The average Bonchev–Trinajstić information content (AvgIpc) is 2.52. The molecule has 0 aliphatic heterocycles. The van der Waals surface area contributed by atoms with Crippen molar-refractivity contribution < 1.29 is 27.5 Å². The fourth-order valence-corrected chi connectivity index (χ4v) is 3.15. The van der Waals surface area contributed by atoms with Crippen LogP contribution in [-0.4, -0.2) is 40.6 Å². The van der Waals surface area contributed by atoms with E-state index in [1.165, 1.54) is 38.5 Å². The Kier molecular flexibility index (Phi) is 6.71. The van der Waals surface area contributed by atoms with E-state index in [4.69, 9.17) is 0 Å². The van der Waals surface area contributed by atoms with Crippen LogP contribution >= 0.6 is 0 Å². The summed E-state index contributed by atoms with van der Waals surface area (Å²) in [6.45, 7) is 3.74. The van der Waals surface area contributed by atoms with E-state index in [2.05, 4.69) is 14.2 Å². The van der Waals surface area contributed by atoms with Crippen molar-refractivity contribution in [2.24, 2.45) is 5.92 Å². The summed E-state index contributed by atoms with van der Waals surface area (Å²) >= 11 is 0. The summed E-state index contributed by atoms with van der Waals surface area (Å²) < 4.78 is 36.2. The number of carbonyl (C=O) groups is 2. The van der Waals surface area contributed by atoms with Gasteiger partial charge in [0.25, 0.3) is 0 Å². The maximum Gasteiger partial charge on any atom is 0.337 e. The van der Waals surface area contributed by atoms with Crippen molar-refractivity contribution in [3.8, 4) is 0 Å². The number of methoxy groups -OCH3 is 2. The molecular weight excluding hydrogens is 322 g/mol. The van der Waals surface area contributed by atoms with E-state index in [-0.39, 0.29) is 16.4 Å². The van der Waals surface area contributed by atoms with Gasteiger partial charge in [-0.05, 0) is 36.6 Å². The highest BCUT2D eigenvalue weighted by Crippen LogP contribution is 2.14. The Labute approximate surface area is 136 Å². The van der Waals surface area contributed by atoms with E-state index in [0.29, 0.717) is 6.42 Å². The average molecular weight is 343 g/mol. The van der Waals surface area contributed by atoms with Gasteiger partial charge in [0.15, 0.2) is 0 Å². The number of sulfonamides is 1. The third-order valence-corrected chi connectivity index (χ3v) is 4.56. The summed E-state index contributed by atoms with van der Waals surface area (Å²) in [6, 6.07) is 4.27. The second kappa shape index (κ2) is 8.07. The smallest absolute Gasteiger partial charge is 0.337 e. The molecular formula is C15H21NO6S. The first-order chi connectivity index (χ1) is 10.7. The quantitative estimate of drug-likeness (QED) is 0.750. The molecule has 0 aliphatic carbocycles. The van der Waals surface area contributed by atoms with E-state index >= 15 is 0 Å². The number of esters is 2. The van der Waals surface area contributed by atoms with Gasteiger partial charge >= 0.3 is 11.9 Å². The summed E-state index contributed by atoms with van der Waals surface area (Å²) in [5.74, 6) is -1.11. The van der Waals surface area contributed by atoms with Crippen LogP contribution in [0.4, 0.5) is 0 Å². The van der Waals surface area contributed by atoms with Crippen molar-refractivity contribution >= 4 is 22.0 Å². The lowest BCUT2D eigenvalue weighted by molar-refractivity contribution is -0.143. The van der Waals surface area contributed by atoms with Crippen molar-refractivity contribution in [2.45, 2.75) is 31.2 Å². The Balaban J connectivity index is 3.00. The molecule has 0 unspecified atom stereocenters. The van der Waals surface area contributed by atoms with Crippen LogP contribution in [-0.2, 0) is 24.3 Å². The molecule has 128 valence electrons. The van der Waals surface area contributed by atoms with E-state index in [1.54, 1.807) is 0 Å². The van der Waals surface area contributed by atoms with Gasteiger partial charge in [-0.15, -0.1) is 0 Å². The first kappa shape index (κ1) is 19.1. The van der Waals surface area contributed by atoms with E-state index < -0.39 is 28.0 Å². The molecule has 8 heteroatoms. The highest BCUT2D eigenvalue weighted by molar-refractivity contribution is 7.89. The number of hydrogen-bond donors (Lipinski definition) is 1. The summed E-state index contributed by atoms with van der Waals surface area (Å²) in [4.78, 5) is 23.0. The molecule has 0 bridgehead atoms. The van der Waals surface area contributed by atoms with Crippen LogP contribution in [0.15, 0.2) is 29.2 Å². The first-order valence-electron chi connectivity index (χ1n) is 6.99. The molecule has 0 amide bonds. The molecule has 23 heavy (non-hydrogen) atoms. The lowest BCUT2D eigenvalue weighted by Crippen LogP contribution is -2.42. The summed E-state index contributed by atoms with van der Waals surface area (Å²) in [7, 11) is -1.47. The topological polar surface area (TPSA) is 98.8 Å². The summed E-state index contributed by atoms with van der Waals surface area (Å²) in [5.41, 5.74) is 0.234. The molecule has 0 fully saturated rings. The molecule has 1 rings (SSSR count). The van der Waals surface area contributed by atoms with Crippen LogP contribution in [0.2, 0.25) is 0 Å². The van der Waals surface area contributed by atoms with Crippen LogP contribution in [0.1, 0.15) is 30.6 Å². The Morgan fingerprint density at radius 2 is 1.65 bits per heavy atom. The predicted octanol–water partition coefficient (Wildman–Crippen LogP) is 1.34. The number of rotatable bonds is 7. The molecule has 1 N–H and O–H groups in total. The van der Waals surface area contributed by atoms with Crippen LogP contribution in [0, 0.1) is 5.92 Å². The maximum absolute atomic E-state index is 12.4. The molecule has 1 aromatic rings. The van der Waals surface area contributed by atoms with Gasteiger partial charge in [0.2, 0.25) is 10.0 Å². The number of benzene rings is 1. The summed E-state index contributed by atoms with van der Waals surface area (Å²) in [5, 5.41) is 0. The van der Waals surface area contributed by atoms with Gasteiger partial charge < -0.3 is 9.47 Å². The largest absolute Gasteiger partial charge is 0.468 e. The second-order valence-corrected chi connectivity index (χ2v) is 7.06. The second-order valence-electron chi connectivity index (χ2n) is 5.34. The third kappa shape index (κ3) is 5.33. The summed E-state index contributed by atoms with van der Waals surface area (Å²) in [6.07, 6.45) is 0.312. The van der Waals surface area contributed by atoms with Crippen LogP contribution in [0.25, 0.3) is 0 Å². The molecule has 0 spiro atoms. The predicted molar refractivity (Wildman–Crippen MR) is 83.4 cm³/mol. The van der Waals surface area contributed by atoms with Crippen LogP contribution in [0.5, 0.6) is 0 Å². The number of nitrogens with one attached hydrogen (secondary N) is 1. The molecule has 0 saturated heterocycles. The lowest BCUT2D eigenvalue weighted by atomic mass is 10.1. The monoisotopic (exact) mass is 343 g/mol. The molecule has 0 radical (unpaired) electrons. The lowest BCUT2D eigenvalue weighted by Gasteiger charge is -2.18. The molecule has 0 aromatic heterocycles. The van der Waals surface area contributed by atoms with Gasteiger partial charge in [0, 0.05) is 0 Å². The van der Waals surface area contributed by atoms with Gasteiger partial charge in [-0.3, -0.25) is 4.79 Å². The van der Waals surface area contributed by atoms with Crippen molar-refractivity contribution in [3.63, 3.8) is 0 Å². The molecule has 0 heterocycles. The minimum absolute atomic E-state index is 0.0530. The Bertz CT molecular complexity index is 651. The normalized spacial score (nSPS) is 12.7. The highest BCUT2D eigenvalue weighted by atomic mass is 32.2. The Hall–Kier alpha value is -1.93. The van der Waals surface area contributed by atoms with Crippen LogP contribution < -0.4 is 4.72 Å². The standard InChI is InChI=1S/C15H21NO6S/c1-10(2)9-13(15(18)22-4)16-23(19,20)12-7-5-11(6-8-12)14(17)21-3/h5-8,10,13,16H,9H2,1-4H3/t13-/m0/s1. The highest BCUT2D eigenvalue weighted by Gasteiger charge is 2.27. The minimum atomic E-state index is -3.91. The van der Waals surface area contributed by atoms with Gasteiger partial charge in [0.1, 0.15) is 6.04 Å². The first-order valence-corrected chi connectivity index (χ1v) is 8.48. The van der Waals surface area contributed by atoms with E-state index in [9.17, 15) is 18.0 Å². The molecule has 1 aromatic carbocycles. The van der Waals surface area contributed by atoms with Crippen molar-refractivity contribution in [2.75, 3.05) is 14.2 Å². The van der Waals surface area contributed by atoms with Crippen molar-refractivity contribution in [1.29, 1.82) is 0 Å². The molecule has 7 nitrogen and oxygen atoms in total. The third-order valence-electron chi connectivity index (χ3n) is 3.08. The molecule has 1 atom stereocenters. The van der Waals surface area contributed by atoms with Crippen LogP contribution in [0.3, 0.4) is 0 Å². The number of hydrogen-bond acceptors (Lipinski definition) is 6. The number of carbonyl (C=O) groups excluding carboxylic acids is 2. The van der Waals surface area contributed by atoms with Gasteiger partial charge in [0.05, 0.1) is 24.7 Å². The van der Waals surface area contributed by atoms with Gasteiger partial charge in [-0.1, -0.05) is 13.8 Å². The number of ether oxygens (including phenoxy) is 2. The van der Waals surface area contributed by atoms with E-state index in [1.807, 2.05) is 13.8 Å². The zero-order chi connectivity index (χ0) is 17.6. The van der Waals surface area contributed by atoms with Crippen molar-refractivity contribution in [3.05, 3.63) is 29.8 Å². The molecule has 0 aliphatic rings. The van der Waals surface area contributed by atoms with E-state index in [0.717, 1.165) is 0 Å². The zero-order valence-electron chi connectivity index (χ0n) is 13.5. The zero-order valence-corrected chi connectivity index (χ0v) is 14.3. The molecule has 0 saturated carbocycles. The fourth-order valence-electron chi connectivity index (χ4n) is 1.95. The SMILES string of the molecule is COC(=O)c1ccc(S(=O)(=O)N[C@@H](CC(C)C)C(=O)OC)cc1. The maximum atomic E-state index is 12.4. The minimum Gasteiger partial charge on any atom is -0.468 e. The fraction of sp³-hybridized carbons (Fsp3) is 0.467. The Morgan fingerprint density at radius 1 is 1.09 bits per heavy atom. The van der Waals surface area contributed by atoms with Gasteiger partial charge in [-0.25, -0.2) is 13.2 Å². The Morgan fingerprint density at radius 3 is 2.09 bits per heavy atom. The van der Waals surface area contributed by atoms with Crippen molar-refractivity contribution in [1.82, 2.24) is 4.72 Å².